The summed E-state index contributed by atoms with van der Waals surface area (Å²) in [5.41, 5.74) is 0. The Kier molecular flexibility index (Phi) is 15.2. The molecule has 2 fully saturated rings. The van der Waals surface area contributed by atoms with Crippen LogP contribution in [0.25, 0.3) is 0 Å². The Hall–Kier alpha value is -0.660. The van der Waals surface area contributed by atoms with Crippen molar-refractivity contribution in [3.8, 4) is 0 Å². The van der Waals surface area contributed by atoms with Crippen LogP contribution < -0.4 is 0 Å². The fourth-order valence-corrected chi connectivity index (χ4v) is 2.59. The molecule has 2 heterocycles. The van der Waals surface area contributed by atoms with Gasteiger partial charge < -0.3 is 18.9 Å². The Morgan fingerprint density at radius 2 is 1.52 bits per heavy atom. The average molecular weight is 361 g/mol. The summed E-state index contributed by atoms with van der Waals surface area (Å²) in [4.78, 5) is 4.86. The lowest BCUT2D eigenvalue weighted by molar-refractivity contribution is -0.0684. The quantitative estimate of drug-likeness (QED) is 0.701. The van der Waals surface area contributed by atoms with E-state index in [0.717, 1.165) is 46.0 Å². The fraction of sp³-hybridized carbons (Fsp3) is 0.895. The van der Waals surface area contributed by atoms with Gasteiger partial charge in [-0.15, -0.1) is 0 Å². The van der Waals surface area contributed by atoms with E-state index in [1.807, 2.05) is 0 Å². The average Bonchev–Trinajstić information content (AvgIpc) is 2.63. The normalized spacial score (nSPS) is 21.8. The Morgan fingerprint density at radius 1 is 1.00 bits per heavy atom. The zero-order chi connectivity index (χ0) is 19.1. The van der Waals surface area contributed by atoms with Crippen LogP contribution >= 0.6 is 0 Å². The Bertz CT molecular complexity index is 306. The smallest absolute Gasteiger partial charge is 0.0935 e. The molecule has 1 atom stereocenters. The summed E-state index contributed by atoms with van der Waals surface area (Å²) in [5, 5.41) is 0. The first-order chi connectivity index (χ1) is 12.0. The maximum Gasteiger partial charge on any atom is 0.0935 e. The van der Waals surface area contributed by atoms with Gasteiger partial charge in [0.25, 0.3) is 0 Å². The van der Waals surface area contributed by atoms with Crippen LogP contribution in [0.15, 0.2) is 12.8 Å². The molecule has 0 aromatic carbocycles. The third-order valence-electron chi connectivity index (χ3n) is 4.20. The highest BCUT2D eigenvalue weighted by molar-refractivity contribution is 4.73. The Labute approximate surface area is 155 Å². The third-order valence-corrected chi connectivity index (χ3v) is 4.20. The van der Waals surface area contributed by atoms with Gasteiger partial charge in [0.05, 0.1) is 45.9 Å². The van der Waals surface area contributed by atoms with E-state index < -0.39 is 0 Å². The van der Waals surface area contributed by atoms with Gasteiger partial charge in [0.15, 0.2) is 0 Å². The monoisotopic (exact) mass is 360 g/mol. The van der Waals surface area contributed by atoms with Crippen molar-refractivity contribution in [1.82, 2.24) is 9.80 Å². The van der Waals surface area contributed by atoms with Crippen LogP contribution in [0.2, 0.25) is 0 Å². The maximum absolute atomic E-state index is 5.53. The summed E-state index contributed by atoms with van der Waals surface area (Å²) in [7, 11) is 3.28. The molecule has 150 valence electrons. The molecule has 0 radical (unpaired) electrons. The van der Waals surface area contributed by atoms with E-state index in [0.29, 0.717) is 18.7 Å². The van der Waals surface area contributed by atoms with Crippen LogP contribution in [0, 0.1) is 0 Å². The van der Waals surface area contributed by atoms with Crippen molar-refractivity contribution in [2.45, 2.75) is 45.9 Å². The summed E-state index contributed by atoms with van der Waals surface area (Å²) >= 11 is 0. The minimum Gasteiger partial charge on any atom is -0.505 e. The molecule has 0 aromatic heterocycles. The number of hydrogen-bond acceptors (Lipinski definition) is 6. The topological polar surface area (TPSA) is 43.4 Å². The van der Waals surface area contributed by atoms with Crippen LogP contribution in [0.4, 0.5) is 0 Å². The maximum atomic E-state index is 5.53. The second-order valence-electron chi connectivity index (χ2n) is 6.68. The van der Waals surface area contributed by atoms with Gasteiger partial charge in [0, 0.05) is 45.4 Å². The van der Waals surface area contributed by atoms with Gasteiger partial charge in [-0.3, -0.25) is 9.80 Å². The second kappa shape index (κ2) is 15.6. The summed E-state index contributed by atoms with van der Waals surface area (Å²) < 4.78 is 20.1. The van der Waals surface area contributed by atoms with Crippen molar-refractivity contribution in [2.24, 2.45) is 0 Å². The van der Waals surface area contributed by atoms with E-state index in [-0.39, 0.29) is 6.10 Å². The first-order valence-electron chi connectivity index (χ1n) is 9.26. The highest BCUT2D eigenvalue weighted by Crippen LogP contribution is 2.08. The molecule has 0 aromatic rings. The number of hydrogen-bond donors (Lipinski definition) is 0. The van der Waals surface area contributed by atoms with Gasteiger partial charge in [-0.1, -0.05) is 6.58 Å². The van der Waals surface area contributed by atoms with Crippen molar-refractivity contribution >= 4 is 0 Å². The van der Waals surface area contributed by atoms with Gasteiger partial charge >= 0.3 is 0 Å². The van der Waals surface area contributed by atoms with E-state index in [2.05, 4.69) is 48.8 Å². The lowest BCUT2D eigenvalue weighted by Gasteiger charge is -2.35. The molecule has 2 aliphatic rings. The fourth-order valence-electron chi connectivity index (χ4n) is 2.59. The number of methoxy groups -OCH3 is 2. The van der Waals surface area contributed by atoms with E-state index >= 15 is 0 Å². The van der Waals surface area contributed by atoms with E-state index in [9.17, 15) is 0 Å². The Balaban J connectivity index is 0.000000391. The zero-order valence-electron chi connectivity index (χ0n) is 17.2. The molecule has 6 heteroatoms. The lowest BCUT2D eigenvalue weighted by atomic mass is 10.2. The van der Waals surface area contributed by atoms with Crippen LogP contribution in [-0.4, -0.2) is 94.8 Å². The Morgan fingerprint density at radius 3 is 1.92 bits per heavy atom. The molecule has 0 saturated carbocycles. The van der Waals surface area contributed by atoms with Gasteiger partial charge in [-0.2, -0.15) is 0 Å². The molecular formula is C19H40N2O4. The van der Waals surface area contributed by atoms with Crippen LogP contribution in [0.1, 0.15) is 27.7 Å². The standard InChI is InChI=1S/C9H19NO2.C7H15NO.C3H6O/c1-8(2)10-4-5-12-9(6-10)7-11-3;1-7(2)8-3-5-9-6-4-8;1-3-4-2/h8-9H,4-7H2,1-3H3;7H,3-6H2,1-2H3;3H,1H2,2H3/t9-;;/m0../s1. The highest BCUT2D eigenvalue weighted by atomic mass is 16.5. The molecule has 25 heavy (non-hydrogen) atoms. The number of ether oxygens (including phenoxy) is 4. The summed E-state index contributed by atoms with van der Waals surface area (Å²) in [6.07, 6.45) is 1.64. The van der Waals surface area contributed by atoms with Crippen molar-refractivity contribution in [3.63, 3.8) is 0 Å². The predicted octanol–water partition coefficient (Wildman–Crippen LogP) is 2.25. The third kappa shape index (κ3) is 12.3. The highest BCUT2D eigenvalue weighted by Gasteiger charge is 2.21. The van der Waals surface area contributed by atoms with E-state index in [1.165, 1.54) is 6.26 Å². The van der Waals surface area contributed by atoms with Crippen molar-refractivity contribution in [3.05, 3.63) is 12.8 Å². The van der Waals surface area contributed by atoms with Crippen molar-refractivity contribution in [1.29, 1.82) is 0 Å². The molecule has 0 spiro atoms. The van der Waals surface area contributed by atoms with Gasteiger partial charge in [0.1, 0.15) is 0 Å². The molecular weight excluding hydrogens is 320 g/mol. The summed E-state index contributed by atoms with van der Waals surface area (Å²) in [5.74, 6) is 0. The lowest BCUT2D eigenvalue weighted by Crippen LogP contribution is -2.47. The van der Waals surface area contributed by atoms with Crippen molar-refractivity contribution < 1.29 is 18.9 Å². The summed E-state index contributed by atoms with van der Waals surface area (Å²) in [6.45, 7) is 19.8. The molecule has 0 N–H and O–H groups in total. The van der Waals surface area contributed by atoms with Gasteiger partial charge in [0.2, 0.25) is 0 Å². The number of nitrogens with zero attached hydrogens (tertiary/aromatic N) is 2. The number of rotatable bonds is 5. The minimum absolute atomic E-state index is 0.270. The van der Waals surface area contributed by atoms with Gasteiger partial charge in [-0.25, -0.2) is 0 Å². The van der Waals surface area contributed by atoms with Crippen molar-refractivity contribution in [2.75, 3.05) is 66.8 Å². The predicted molar refractivity (Wildman–Crippen MR) is 103 cm³/mol. The molecule has 2 rings (SSSR count). The van der Waals surface area contributed by atoms with E-state index in [4.69, 9.17) is 14.2 Å². The molecule has 0 bridgehead atoms. The van der Waals surface area contributed by atoms with Crippen LogP contribution in [0.3, 0.4) is 0 Å². The largest absolute Gasteiger partial charge is 0.505 e. The molecule has 2 saturated heterocycles. The second-order valence-corrected chi connectivity index (χ2v) is 6.68. The first-order valence-corrected chi connectivity index (χ1v) is 9.26. The number of morpholine rings is 2. The molecule has 0 unspecified atom stereocenters. The first kappa shape index (κ1) is 24.3. The van der Waals surface area contributed by atoms with E-state index in [1.54, 1.807) is 14.2 Å². The van der Waals surface area contributed by atoms with Gasteiger partial charge in [-0.05, 0) is 27.7 Å². The van der Waals surface area contributed by atoms with Crippen LogP contribution in [0.5, 0.6) is 0 Å². The minimum atomic E-state index is 0.270. The molecule has 2 aliphatic heterocycles. The SMILES string of the molecule is C=COC.CC(C)N1CCOCC1.COC[C@@H]1CN(C(C)C)CCO1. The molecule has 0 amide bonds. The molecule has 6 nitrogen and oxygen atoms in total. The van der Waals surface area contributed by atoms with Crippen LogP contribution in [-0.2, 0) is 18.9 Å². The summed E-state index contributed by atoms with van der Waals surface area (Å²) in [6, 6.07) is 1.31. The zero-order valence-corrected chi connectivity index (χ0v) is 17.2. The molecule has 0 aliphatic carbocycles.